The van der Waals surface area contributed by atoms with Crippen LogP contribution in [-0.2, 0) is 4.74 Å². The summed E-state index contributed by atoms with van der Waals surface area (Å²) < 4.78 is 19.6. The number of ether oxygens (including phenoxy) is 1. The minimum Gasteiger partial charge on any atom is -0.391 e. The van der Waals surface area contributed by atoms with Crippen molar-refractivity contribution in [2.75, 3.05) is 5.73 Å². The SMILES string of the molecule is C#C[C@@]1(N)C(O)[C@@H]([C@@H](C)O)O[C@H]1n1cc(F)c(N)nc1=O. The van der Waals surface area contributed by atoms with Gasteiger partial charge in [0.05, 0.1) is 12.3 Å². The van der Waals surface area contributed by atoms with Crippen LogP contribution in [0, 0.1) is 18.2 Å². The molecule has 2 rings (SSSR count). The smallest absolute Gasteiger partial charge is 0.351 e. The Kier molecular flexibility index (Phi) is 3.73. The topological polar surface area (TPSA) is 137 Å². The lowest BCUT2D eigenvalue weighted by molar-refractivity contribution is -0.0780. The molecule has 0 aromatic carbocycles. The fourth-order valence-electron chi connectivity index (χ4n) is 2.21. The molecule has 0 amide bonds. The number of rotatable bonds is 2. The summed E-state index contributed by atoms with van der Waals surface area (Å²) in [6.07, 6.45) is 0.959. The van der Waals surface area contributed by atoms with Crippen molar-refractivity contribution < 1.29 is 19.3 Å². The zero-order valence-corrected chi connectivity index (χ0v) is 11.1. The first-order chi connectivity index (χ1) is 9.72. The van der Waals surface area contributed by atoms with Crippen molar-refractivity contribution in [2.45, 2.75) is 37.0 Å². The highest BCUT2D eigenvalue weighted by atomic mass is 19.1. The molecule has 0 radical (unpaired) electrons. The minimum absolute atomic E-state index is 0.579. The van der Waals surface area contributed by atoms with Crippen molar-refractivity contribution in [1.82, 2.24) is 9.55 Å². The molecule has 6 N–H and O–H groups in total. The molecule has 0 bridgehead atoms. The van der Waals surface area contributed by atoms with Crippen LogP contribution in [0.4, 0.5) is 10.2 Å². The standard InChI is InChI=1S/C12H15FN4O4/c1-3-12(15)8(19)7(5(2)18)21-10(12)17-4-6(13)9(14)16-11(17)20/h1,4-5,7-8,10,18-19H,15H2,2H3,(H2,14,16,20)/t5-,7-,8?,10-,12-/m1/s1. The number of nitrogens with two attached hydrogens (primary N) is 2. The normalized spacial score (nSPS) is 33.6. The highest BCUT2D eigenvalue weighted by molar-refractivity contribution is 5.28. The van der Waals surface area contributed by atoms with Crippen LogP contribution in [-0.4, -0.2) is 43.6 Å². The maximum Gasteiger partial charge on any atom is 0.351 e. The van der Waals surface area contributed by atoms with Crippen LogP contribution >= 0.6 is 0 Å². The van der Waals surface area contributed by atoms with E-state index in [1.165, 1.54) is 6.92 Å². The van der Waals surface area contributed by atoms with Gasteiger partial charge in [-0.15, -0.1) is 6.42 Å². The van der Waals surface area contributed by atoms with Gasteiger partial charge in [0.25, 0.3) is 0 Å². The highest BCUT2D eigenvalue weighted by Crippen LogP contribution is 2.37. The van der Waals surface area contributed by atoms with E-state index < -0.39 is 47.4 Å². The largest absolute Gasteiger partial charge is 0.391 e. The van der Waals surface area contributed by atoms with Gasteiger partial charge >= 0.3 is 5.69 Å². The van der Waals surface area contributed by atoms with E-state index >= 15 is 0 Å². The molecule has 5 atom stereocenters. The summed E-state index contributed by atoms with van der Waals surface area (Å²) >= 11 is 0. The molecule has 1 unspecified atom stereocenters. The number of aliphatic hydroxyl groups is 2. The van der Waals surface area contributed by atoms with Crippen molar-refractivity contribution in [3.63, 3.8) is 0 Å². The van der Waals surface area contributed by atoms with E-state index in [4.69, 9.17) is 22.6 Å². The van der Waals surface area contributed by atoms with Crippen molar-refractivity contribution in [1.29, 1.82) is 0 Å². The molecule has 21 heavy (non-hydrogen) atoms. The Hall–Kier alpha value is -1.99. The number of hydrogen-bond acceptors (Lipinski definition) is 7. The molecule has 0 saturated carbocycles. The van der Waals surface area contributed by atoms with Crippen LogP contribution in [0.25, 0.3) is 0 Å². The molecule has 1 aliphatic heterocycles. The number of aromatic nitrogens is 2. The van der Waals surface area contributed by atoms with Gasteiger partial charge < -0.3 is 26.4 Å². The first-order valence-electron chi connectivity index (χ1n) is 6.04. The number of halogens is 1. The quantitative estimate of drug-likeness (QED) is 0.460. The lowest BCUT2D eigenvalue weighted by Crippen LogP contribution is -2.55. The van der Waals surface area contributed by atoms with Crippen LogP contribution in [0.3, 0.4) is 0 Å². The average molecular weight is 298 g/mol. The van der Waals surface area contributed by atoms with Gasteiger partial charge in [-0.05, 0) is 6.92 Å². The molecule has 1 aromatic heterocycles. The number of nitrogen functional groups attached to an aromatic ring is 1. The van der Waals surface area contributed by atoms with Gasteiger partial charge in [-0.25, -0.2) is 9.18 Å². The third-order valence-electron chi connectivity index (χ3n) is 3.41. The van der Waals surface area contributed by atoms with Gasteiger partial charge in [0.1, 0.15) is 12.2 Å². The van der Waals surface area contributed by atoms with E-state index in [-0.39, 0.29) is 0 Å². The number of terminal acetylenes is 1. The maximum atomic E-state index is 13.5. The summed E-state index contributed by atoms with van der Waals surface area (Å²) in [6.45, 7) is 1.36. The Balaban J connectivity index is 2.56. The molecule has 9 heteroatoms. The molecule has 8 nitrogen and oxygen atoms in total. The van der Waals surface area contributed by atoms with E-state index in [0.29, 0.717) is 4.57 Å². The van der Waals surface area contributed by atoms with Gasteiger partial charge in [-0.2, -0.15) is 4.98 Å². The third-order valence-corrected chi connectivity index (χ3v) is 3.41. The van der Waals surface area contributed by atoms with Crippen LogP contribution in [0.5, 0.6) is 0 Å². The van der Waals surface area contributed by atoms with Crippen LogP contribution in [0.2, 0.25) is 0 Å². The number of hydrogen-bond donors (Lipinski definition) is 4. The molecule has 0 spiro atoms. The molecular weight excluding hydrogens is 283 g/mol. The van der Waals surface area contributed by atoms with Crippen molar-refractivity contribution in [2.24, 2.45) is 5.73 Å². The second kappa shape index (κ2) is 5.09. The van der Waals surface area contributed by atoms with Gasteiger partial charge in [0.2, 0.25) is 0 Å². The predicted octanol–water partition coefficient (Wildman–Crippen LogP) is -2.07. The van der Waals surface area contributed by atoms with E-state index in [1.54, 1.807) is 0 Å². The van der Waals surface area contributed by atoms with Crippen LogP contribution in [0.15, 0.2) is 11.0 Å². The monoisotopic (exact) mass is 298 g/mol. The number of nitrogens with zero attached hydrogens (tertiary/aromatic N) is 2. The molecular formula is C12H15FN4O4. The second-order valence-electron chi connectivity index (χ2n) is 4.88. The van der Waals surface area contributed by atoms with E-state index in [1.807, 2.05) is 0 Å². The summed E-state index contributed by atoms with van der Waals surface area (Å²) in [5, 5.41) is 19.7. The first kappa shape index (κ1) is 15.4. The van der Waals surface area contributed by atoms with Crippen LogP contribution in [0.1, 0.15) is 13.2 Å². The number of aliphatic hydroxyl groups excluding tert-OH is 2. The Morgan fingerprint density at radius 1 is 1.71 bits per heavy atom. The average Bonchev–Trinajstić information content (AvgIpc) is 2.68. The van der Waals surface area contributed by atoms with Crippen molar-refractivity contribution in [3.05, 3.63) is 22.5 Å². The third kappa shape index (κ3) is 2.28. The molecule has 1 aromatic rings. The lowest BCUT2D eigenvalue weighted by atomic mass is 9.90. The van der Waals surface area contributed by atoms with Crippen molar-refractivity contribution >= 4 is 5.82 Å². The maximum absolute atomic E-state index is 13.5. The fourth-order valence-corrected chi connectivity index (χ4v) is 2.21. The van der Waals surface area contributed by atoms with Crippen LogP contribution < -0.4 is 17.2 Å². The molecule has 2 heterocycles. The van der Waals surface area contributed by atoms with E-state index in [0.717, 1.165) is 6.20 Å². The molecule has 0 aliphatic carbocycles. The Labute approximate surface area is 119 Å². The zero-order chi connectivity index (χ0) is 15.9. The van der Waals surface area contributed by atoms with E-state index in [9.17, 15) is 19.4 Å². The van der Waals surface area contributed by atoms with Gasteiger partial charge in [0.15, 0.2) is 23.4 Å². The molecule has 1 fully saturated rings. The summed E-state index contributed by atoms with van der Waals surface area (Å²) in [6, 6.07) is 0. The van der Waals surface area contributed by atoms with Gasteiger partial charge in [-0.1, -0.05) is 5.92 Å². The Bertz CT molecular complexity index is 656. The first-order valence-corrected chi connectivity index (χ1v) is 6.04. The molecule has 1 aliphatic rings. The lowest BCUT2D eigenvalue weighted by Gasteiger charge is -2.27. The summed E-state index contributed by atoms with van der Waals surface area (Å²) in [7, 11) is 0. The summed E-state index contributed by atoms with van der Waals surface area (Å²) in [5.74, 6) is 0.592. The highest BCUT2D eigenvalue weighted by Gasteiger charge is 2.55. The Morgan fingerprint density at radius 2 is 2.33 bits per heavy atom. The zero-order valence-electron chi connectivity index (χ0n) is 11.1. The fraction of sp³-hybridized carbons (Fsp3) is 0.500. The Morgan fingerprint density at radius 3 is 2.86 bits per heavy atom. The second-order valence-corrected chi connectivity index (χ2v) is 4.88. The minimum atomic E-state index is -1.84. The number of anilines is 1. The van der Waals surface area contributed by atoms with Crippen molar-refractivity contribution in [3.8, 4) is 12.3 Å². The molecule has 114 valence electrons. The summed E-state index contributed by atoms with van der Waals surface area (Å²) in [4.78, 5) is 15.1. The molecule has 1 saturated heterocycles. The van der Waals surface area contributed by atoms with E-state index in [2.05, 4.69) is 10.9 Å². The predicted molar refractivity (Wildman–Crippen MR) is 70.2 cm³/mol. The van der Waals surface area contributed by atoms with Gasteiger partial charge in [-0.3, -0.25) is 4.57 Å². The van der Waals surface area contributed by atoms with Gasteiger partial charge in [0, 0.05) is 0 Å². The summed E-state index contributed by atoms with van der Waals surface area (Å²) in [5.41, 5.74) is 8.31.